The third-order valence-electron chi connectivity index (χ3n) is 11.3. The summed E-state index contributed by atoms with van der Waals surface area (Å²) < 4.78 is 9.21. The average Bonchev–Trinajstić information content (AvgIpc) is 3.82. The monoisotopic (exact) mass is 960 g/mol. The van der Waals surface area contributed by atoms with E-state index in [-0.39, 0.29) is 20.1 Å². The fourth-order valence-electron chi connectivity index (χ4n) is 8.26. The fraction of sp³-hybridized carbons (Fsp3) is 0.167. The molecule has 0 aliphatic carbocycles. The maximum atomic E-state index is 6.86. The minimum atomic E-state index is -1.20. The molecule has 5 heteroatoms. The molecule has 3 nitrogen and oxygen atoms in total. The van der Waals surface area contributed by atoms with E-state index in [2.05, 4.69) is 191 Å². The molecule has 10 rings (SSSR count). The predicted molar refractivity (Wildman–Crippen MR) is 248 cm³/mol. The third kappa shape index (κ3) is 7.37. The molecule has 0 amide bonds. The Morgan fingerprint density at radius 3 is 1.93 bits per heavy atom. The molecule has 0 saturated carbocycles. The van der Waals surface area contributed by atoms with E-state index in [0.29, 0.717) is 11.8 Å². The quantitative estimate of drug-likeness (QED) is 0.0945. The number of rotatable bonds is 6. The largest absolute Gasteiger partial charge is 3.00 e. The van der Waals surface area contributed by atoms with E-state index in [1.54, 1.807) is 0 Å². The van der Waals surface area contributed by atoms with E-state index in [4.69, 9.17) is 9.40 Å². The van der Waals surface area contributed by atoms with Gasteiger partial charge in [-0.2, -0.15) is 48.5 Å². The molecule has 0 unspecified atom stereocenters. The SMILES string of the molecule is CC(C)c1cccc(C(C)C)c1-n1c(-c2[c-]ccc3c2oc2c3ccc3c4ccccc4ccc32)nc2ccccc21.C[Si](C)(C)c1c[c-]c(-c2[c-]cccc2)cc1.[Ir+3]. The van der Waals surface area contributed by atoms with Gasteiger partial charge in [0.2, 0.25) is 0 Å². The summed E-state index contributed by atoms with van der Waals surface area (Å²) in [6, 6.07) is 61.3. The number of hydrogen-bond acceptors (Lipinski definition) is 2. The van der Waals surface area contributed by atoms with Crippen molar-refractivity contribution < 1.29 is 24.5 Å². The molecule has 0 N–H and O–H groups in total. The first kappa shape index (κ1) is 40.2. The molecule has 8 aromatic carbocycles. The van der Waals surface area contributed by atoms with E-state index in [1.807, 2.05) is 24.3 Å². The van der Waals surface area contributed by atoms with Gasteiger partial charge in [-0.15, -0.1) is 29.5 Å². The molecular formula is C54H47IrN2OSi. The number of fused-ring (bicyclic) bond motifs is 8. The van der Waals surface area contributed by atoms with E-state index in [0.717, 1.165) is 60.9 Å². The molecule has 0 radical (unpaired) electrons. The molecule has 0 spiro atoms. The number of imidazole rings is 1. The van der Waals surface area contributed by atoms with Crippen LogP contribution in [0, 0.1) is 18.2 Å². The number of para-hydroxylation sites is 3. The van der Waals surface area contributed by atoms with Crippen molar-refractivity contribution in [3.63, 3.8) is 0 Å². The minimum absolute atomic E-state index is 0. The Hall–Kier alpha value is -5.58. The predicted octanol–water partition coefficient (Wildman–Crippen LogP) is 14.4. The molecule has 0 bridgehead atoms. The summed E-state index contributed by atoms with van der Waals surface area (Å²) in [4.78, 5) is 5.26. The molecule has 10 aromatic rings. The Morgan fingerprint density at radius 2 is 1.22 bits per heavy atom. The third-order valence-corrected chi connectivity index (χ3v) is 13.4. The van der Waals surface area contributed by atoms with Crippen molar-refractivity contribution in [1.82, 2.24) is 9.55 Å². The fourth-order valence-corrected chi connectivity index (χ4v) is 9.35. The summed E-state index contributed by atoms with van der Waals surface area (Å²) in [6.45, 7) is 16.1. The van der Waals surface area contributed by atoms with E-state index in [1.165, 1.54) is 38.2 Å². The summed E-state index contributed by atoms with van der Waals surface area (Å²) in [5.74, 6) is 1.55. The number of aromatic nitrogens is 2. The van der Waals surface area contributed by atoms with Crippen LogP contribution in [0.2, 0.25) is 19.6 Å². The number of hydrogen-bond donors (Lipinski definition) is 0. The molecule has 59 heavy (non-hydrogen) atoms. The van der Waals surface area contributed by atoms with Gasteiger partial charge in [-0.25, -0.2) is 11.1 Å². The standard InChI is InChI=1S/C39H31N2O.C15H16Si.Ir/c1-23(2)26-13-9-14-27(24(3)4)36(26)41-35-18-8-7-17-34(35)40-39(41)33-16-10-15-30-32-22-21-29-28-12-6-5-11-25(28)19-20-31(29)37(32)42-38(30)33;1-16(2,3)15-11-9-14(10-12-15)13-7-5-4-6-8-13;/h5-15,17-24H,1-4H3;4-7,9,11-12H,1-3H3;/q-1;-2;+3. The van der Waals surface area contributed by atoms with Crippen LogP contribution >= 0.6 is 0 Å². The number of nitrogens with zero attached hydrogens (tertiary/aromatic N) is 2. The number of benzene rings is 8. The van der Waals surface area contributed by atoms with Gasteiger partial charge in [-0.05, 0) is 51.3 Å². The zero-order valence-electron chi connectivity index (χ0n) is 34.6. The molecule has 0 saturated heterocycles. The molecule has 0 atom stereocenters. The normalized spacial score (nSPS) is 11.8. The van der Waals surface area contributed by atoms with Crippen molar-refractivity contribution in [2.24, 2.45) is 0 Å². The Balaban J connectivity index is 0.000000240. The zero-order valence-corrected chi connectivity index (χ0v) is 38.0. The van der Waals surface area contributed by atoms with Gasteiger partial charge in [0.05, 0.1) is 22.4 Å². The summed E-state index contributed by atoms with van der Waals surface area (Å²) in [6.07, 6.45) is 0. The summed E-state index contributed by atoms with van der Waals surface area (Å²) in [7, 11) is -1.20. The Labute approximate surface area is 362 Å². The van der Waals surface area contributed by atoms with Crippen LogP contribution in [-0.2, 0) is 20.1 Å². The van der Waals surface area contributed by atoms with Crippen molar-refractivity contribution in [2.75, 3.05) is 0 Å². The van der Waals surface area contributed by atoms with Gasteiger partial charge in [0.15, 0.2) is 0 Å². The summed E-state index contributed by atoms with van der Waals surface area (Å²) >= 11 is 0. The van der Waals surface area contributed by atoms with Crippen LogP contribution in [-0.4, -0.2) is 17.6 Å². The van der Waals surface area contributed by atoms with E-state index >= 15 is 0 Å². The first-order valence-electron chi connectivity index (χ1n) is 20.4. The Kier molecular flexibility index (Phi) is 11.1. The molecule has 0 fully saturated rings. The maximum absolute atomic E-state index is 6.86. The molecule has 2 aromatic heterocycles. The Bertz CT molecular complexity index is 3070. The topological polar surface area (TPSA) is 31.0 Å². The van der Waals surface area contributed by atoms with Gasteiger partial charge in [0, 0.05) is 24.5 Å². The Morgan fingerprint density at radius 1 is 0.559 bits per heavy atom. The molecule has 2 heterocycles. The van der Waals surface area contributed by atoms with E-state index in [9.17, 15) is 0 Å². The minimum Gasteiger partial charge on any atom is -0.500 e. The first-order valence-corrected chi connectivity index (χ1v) is 23.9. The van der Waals surface area contributed by atoms with Crippen molar-refractivity contribution in [1.29, 1.82) is 0 Å². The van der Waals surface area contributed by atoms with Crippen molar-refractivity contribution in [3.8, 4) is 28.2 Å². The van der Waals surface area contributed by atoms with Gasteiger partial charge in [0.25, 0.3) is 0 Å². The van der Waals surface area contributed by atoms with Crippen LogP contribution in [0.1, 0.15) is 50.7 Å². The van der Waals surface area contributed by atoms with Gasteiger partial charge < -0.3 is 8.98 Å². The second-order valence-corrected chi connectivity index (χ2v) is 22.0. The zero-order chi connectivity index (χ0) is 40.1. The van der Waals surface area contributed by atoms with Gasteiger partial charge in [-0.3, -0.25) is 4.98 Å². The summed E-state index contributed by atoms with van der Waals surface area (Å²) in [5, 5.41) is 8.42. The smallest absolute Gasteiger partial charge is 0.500 e. The van der Waals surface area contributed by atoms with Gasteiger partial charge in [0.1, 0.15) is 5.58 Å². The molecule has 0 aliphatic heterocycles. The molecule has 292 valence electrons. The molecule has 0 aliphatic rings. The van der Waals surface area contributed by atoms with Crippen LogP contribution < -0.4 is 5.19 Å². The van der Waals surface area contributed by atoms with Crippen LogP contribution in [0.4, 0.5) is 0 Å². The second-order valence-electron chi connectivity index (χ2n) is 16.9. The van der Waals surface area contributed by atoms with Gasteiger partial charge >= 0.3 is 20.1 Å². The van der Waals surface area contributed by atoms with Crippen LogP contribution in [0.5, 0.6) is 0 Å². The average molecular weight is 960 g/mol. The maximum Gasteiger partial charge on any atom is 3.00 e. The van der Waals surface area contributed by atoms with Crippen molar-refractivity contribution in [2.45, 2.75) is 59.2 Å². The van der Waals surface area contributed by atoms with Crippen LogP contribution in [0.15, 0.2) is 150 Å². The summed E-state index contributed by atoms with van der Waals surface area (Å²) in [5.41, 5.74) is 10.7. The second kappa shape index (κ2) is 16.2. The number of furan rings is 1. The van der Waals surface area contributed by atoms with Crippen LogP contribution in [0.3, 0.4) is 0 Å². The molecular weight excluding hydrogens is 913 g/mol. The van der Waals surface area contributed by atoms with Gasteiger partial charge in [-0.1, -0.05) is 137 Å². The van der Waals surface area contributed by atoms with E-state index < -0.39 is 8.07 Å². The van der Waals surface area contributed by atoms with Crippen molar-refractivity contribution in [3.05, 3.63) is 175 Å². The van der Waals surface area contributed by atoms with Crippen LogP contribution in [0.25, 0.3) is 82.7 Å². The van der Waals surface area contributed by atoms with Crippen molar-refractivity contribution >= 4 is 67.8 Å². The first-order chi connectivity index (χ1) is 28.1.